The van der Waals surface area contributed by atoms with Gasteiger partial charge in [0.2, 0.25) is 11.8 Å². The highest BCUT2D eigenvalue weighted by Crippen LogP contribution is 2.09. The minimum absolute atomic E-state index is 0.156. The van der Waals surface area contributed by atoms with Crippen LogP contribution in [-0.4, -0.2) is 35.0 Å². The molecule has 1 heterocycles. The van der Waals surface area contributed by atoms with Gasteiger partial charge in [-0.25, -0.2) is 0 Å². The van der Waals surface area contributed by atoms with E-state index in [4.69, 9.17) is 10.3 Å². The summed E-state index contributed by atoms with van der Waals surface area (Å²) in [5, 5.41) is 9.02. The Hall–Kier alpha value is -2.32. The Kier molecular flexibility index (Phi) is 6.83. The molecule has 1 aromatic heterocycles. The number of nitrogens with zero attached hydrogens (tertiary/aromatic N) is 1. The van der Waals surface area contributed by atoms with Gasteiger partial charge in [-0.1, -0.05) is 35.5 Å². The largest absolute Gasteiger partial charge is 0.360 e. The van der Waals surface area contributed by atoms with E-state index < -0.39 is 0 Å². The lowest BCUT2D eigenvalue weighted by molar-refractivity contribution is -0.118. The van der Waals surface area contributed by atoms with Crippen molar-refractivity contribution in [1.29, 1.82) is 0 Å². The predicted molar refractivity (Wildman–Crippen MR) is 93.6 cm³/mol. The van der Waals surface area contributed by atoms with Gasteiger partial charge in [0.05, 0.1) is 11.5 Å². The lowest BCUT2D eigenvalue weighted by atomic mass is 10.1. The molecule has 0 radical (unpaired) electrons. The Morgan fingerprint density at radius 2 is 1.96 bits per heavy atom. The number of benzene rings is 1. The van der Waals surface area contributed by atoms with Gasteiger partial charge in [0.1, 0.15) is 5.76 Å². The third-order valence-electron chi connectivity index (χ3n) is 3.11. The topological polar surface area (TPSA) is 110 Å². The first kappa shape index (κ1) is 18.0. The first-order chi connectivity index (χ1) is 11.5. The van der Waals surface area contributed by atoms with Gasteiger partial charge in [-0.2, -0.15) is 0 Å². The van der Waals surface area contributed by atoms with E-state index in [1.807, 2.05) is 30.3 Å². The van der Waals surface area contributed by atoms with Crippen molar-refractivity contribution < 1.29 is 14.1 Å². The molecule has 128 valence electrons. The second kappa shape index (κ2) is 9.09. The molecule has 4 N–H and O–H groups in total. The molecule has 24 heavy (non-hydrogen) atoms. The molecule has 2 amide bonds. The summed E-state index contributed by atoms with van der Waals surface area (Å²) in [6, 6.07) is 10.9. The molecule has 1 unspecified atom stereocenters. The second-order valence-electron chi connectivity index (χ2n) is 5.19. The summed E-state index contributed by atoms with van der Waals surface area (Å²) < 4.78 is 4.85. The van der Waals surface area contributed by atoms with Crippen LogP contribution >= 0.6 is 11.8 Å². The number of hydrogen-bond acceptors (Lipinski definition) is 6. The Bertz CT molecular complexity index is 675. The SMILES string of the molecule is Cc1cc(NC(=O)CSCC(=O)NCC(N)c2ccccc2)no1. The van der Waals surface area contributed by atoms with Gasteiger partial charge in [0.25, 0.3) is 0 Å². The Morgan fingerprint density at radius 3 is 2.62 bits per heavy atom. The van der Waals surface area contributed by atoms with Crippen LogP contribution in [0, 0.1) is 6.92 Å². The molecule has 0 aliphatic carbocycles. The molecule has 1 atom stereocenters. The van der Waals surface area contributed by atoms with Crippen molar-refractivity contribution in [2.75, 3.05) is 23.4 Å². The van der Waals surface area contributed by atoms with Crippen molar-refractivity contribution in [3.05, 3.63) is 47.7 Å². The summed E-state index contributed by atoms with van der Waals surface area (Å²) >= 11 is 1.22. The van der Waals surface area contributed by atoms with Gasteiger partial charge in [-0.05, 0) is 12.5 Å². The number of nitrogens with one attached hydrogen (secondary N) is 2. The molecule has 0 saturated heterocycles. The molecule has 0 aliphatic heterocycles. The minimum Gasteiger partial charge on any atom is -0.360 e. The average Bonchev–Trinajstić information content (AvgIpc) is 2.98. The lowest BCUT2D eigenvalue weighted by Gasteiger charge is -2.13. The summed E-state index contributed by atoms with van der Waals surface area (Å²) in [5.41, 5.74) is 6.97. The van der Waals surface area contributed by atoms with Crippen molar-refractivity contribution in [3.63, 3.8) is 0 Å². The number of aryl methyl sites for hydroxylation is 1. The minimum atomic E-state index is -0.251. The van der Waals surface area contributed by atoms with Gasteiger partial charge in [-0.3, -0.25) is 9.59 Å². The molecule has 8 heteroatoms. The summed E-state index contributed by atoms with van der Waals surface area (Å²) in [6.45, 7) is 2.09. The molecular formula is C16H20N4O3S. The van der Waals surface area contributed by atoms with Crippen LogP contribution in [0.3, 0.4) is 0 Å². The van der Waals surface area contributed by atoms with E-state index in [-0.39, 0.29) is 29.4 Å². The number of anilines is 1. The third kappa shape index (κ3) is 6.05. The third-order valence-corrected chi connectivity index (χ3v) is 4.04. The number of hydrogen-bond donors (Lipinski definition) is 3. The highest BCUT2D eigenvalue weighted by molar-refractivity contribution is 8.00. The molecular weight excluding hydrogens is 328 g/mol. The van der Waals surface area contributed by atoms with Crippen LogP contribution in [0.25, 0.3) is 0 Å². The first-order valence-corrected chi connectivity index (χ1v) is 8.58. The van der Waals surface area contributed by atoms with Crippen LogP contribution in [0.15, 0.2) is 40.9 Å². The van der Waals surface area contributed by atoms with E-state index in [0.29, 0.717) is 18.1 Å². The molecule has 0 aliphatic rings. The van der Waals surface area contributed by atoms with E-state index in [2.05, 4.69) is 15.8 Å². The molecule has 0 bridgehead atoms. The molecule has 0 spiro atoms. The van der Waals surface area contributed by atoms with Gasteiger partial charge >= 0.3 is 0 Å². The maximum absolute atomic E-state index is 11.8. The molecule has 0 fully saturated rings. The van der Waals surface area contributed by atoms with Crippen LogP contribution in [0.5, 0.6) is 0 Å². The Labute approximate surface area is 144 Å². The number of thioether (sulfide) groups is 1. The zero-order valence-electron chi connectivity index (χ0n) is 13.3. The monoisotopic (exact) mass is 348 g/mol. The lowest BCUT2D eigenvalue weighted by Crippen LogP contribution is -2.33. The molecule has 2 aromatic rings. The van der Waals surface area contributed by atoms with Gasteiger partial charge in [-0.15, -0.1) is 11.8 Å². The standard InChI is InChI=1S/C16H20N4O3S/c1-11-7-14(20-23-11)19-16(22)10-24-9-15(21)18-8-13(17)12-5-3-2-4-6-12/h2-7,13H,8-10,17H2,1H3,(H,18,21)(H,19,20,22). The van der Waals surface area contributed by atoms with Gasteiger partial charge in [0, 0.05) is 18.7 Å². The maximum Gasteiger partial charge on any atom is 0.235 e. The highest BCUT2D eigenvalue weighted by atomic mass is 32.2. The van der Waals surface area contributed by atoms with E-state index in [9.17, 15) is 9.59 Å². The fraction of sp³-hybridized carbons (Fsp3) is 0.312. The Balaban J connectivity index is 1.62. The van der Waals surface area contributed by atoms with Crippen LogP contribution < -0.4 is 16.4 Å². The normalized spacial score (nSPS) is 11.8. The van der Waals surface area contributed by atoms with E-state index in [1.54, 1.807) is 13.0 Å². The molecule has 7 nitrogen and oxygen atoms in total. The van der Waals surface area contributed by atoms with Gasteiger partial charge in [0.15, 0.2) is 5.82 Å². The number of carbonyl (C=O) groups excluding carboxylic acids is 2. The number of carbonyl (C=O) groups is 2. The van der Waals surface area contributed by atoms with Crippen molar-refractivity contribution >= 4 is 29.4 Å². The number of nitrogens with two attached hydrogens (primary N) is 1. The van der Waals surface area contributed by atoms with E-state index in [0.717, 1.165) is 5.56 Å². The summed E-state index contributed by atoms with van der Waals surface area (Å²) in [6.07, 6.45) is 0. The smallest absolute Gasteiger partial charge is 0.235 e. The van der Waals surface area contributed by atoms with Crippen LogP contribution in [0.2, 0.25) is 0 Å². The fourth-order valence-corrected chi connectivity index (χ4v) is 2.58. The van der Waals surface area contributed by atoms with Crippen molar-refractivity contribution in [1.82, 2.24) is 10.5 Å². The second-order valence-corrected chi connectivity index (χ2v) is 6.17. The quantitative estimate of drug-likeness (QED) is 0.666. The summed E-state index contributed by atoms with van der Waals surface area (Å²) in [5.74, 6) is 0.943. The van der Waals surface area contributed by atoms with Crippen molar-refractivity contribution in [2.45, 2.75) is 13.0 Å². The highest BCUT2D eigenvalue weighted by Gasteiger charge is 2.10. The van der Waals surface area contributed by atoms with Crippen molar-refractivity contribution in [2.24, 2.45) is 5.73 Å². The average molecular weight is 348 g/mol. The maximum atomic E-state index is 11.8. The van der Waals surface area contributed by atoms with Crippen LogP contribution in [-0.2, 0) is 9.59 Å². The Morgan fingerprint density at radius 1 is 1.25 bits per heavy atom. The summed E-state index contributed by atoms with van der Waals surface area (Å²) in [4.78, 5) is 23.5. The first-order valence-electron chi connectivity index (χ1n) is 7.42. The fourth-order valence-electron chi connectivity index (χ4n) is 1.93. The zero-order chi connectivity index (χ0) is 17.4. The van der Waals surface area contributed by atoms with Crippen LogP contribution in [0.4, 0.5) is 5.82 Å². The molecule has 2 rings (SSSR count). The van der Waals surface area contributed by atoms with Crippen molar-refractivity contribution in [3.8, 4) is 0 Å². The number of amides is 2. The van der Waals surface area contributed by atoms with Crippen LogP contribution in [0.1, 0.15) is 17.4 Å². The molecule has 1 aromatic carbocycles. The zero-order valence-corrected chi connectivity index (χ0v) is 14.1. The number of aromatic nitrogens is 1. The van der Waals surface area contributed by atoms with E-state index >= 15 is 0 Å². The molecule has 0 saturated carbocycles. The number of rotatable bonds is 8. The summed E-state index contributed by atoms with van der Waals surface area (Å²) in [7, 11) is 0. The predicted octanol–water partition coefficient (Wildman–Crippen LogP) is 1.47. The van der Waals surface area contributed by atoms with Gasteiger partial charge < -0.3 is 20.9 Å². The van der Waals surface area contributed by atoms with E-state index in [1.165, 1.54) is 11.8 Å².